The number of anilines is 1. The zero-order chi connectivity index (χ0) is 15.3. The van der Waals surface area contributed by atoms with Crippen molar-refractivity contribution in [2.24, 2.45) is 0 Å². The van der Waals surface area contributed by atoms with Gasteiger partial charge in [-0.05, 0) is 37.5 Å². The molecule has 6 heteroatoms. The Labute approximate surface area is 131 Å². The number of nitrogens with zero attached hydrogens (tertiary/aromatic N) is 2. The van der Waals surface area contributed by atoms with Crippen LogP contribution in [0.5, 0.6) is 0 Å². The molecule has 2 aliphatic rings. The SMILES string of the molecule is Cc1c(-c2csc(N3C4CC[C@H]3COC4)n2)ccc(F)c1F. The van der Waals surface area contributed by atoms with Crippen LogP contribution in [0.1, 0.15) is 18.4 Å². The molecule has 0 N–H and O–H groups in total. The van der Waals surface area contributed by atoms with Crippen LogP contribution in [-0.4, -0.2) is 30.3 Å². The highest BCUT2D eigenvalue weighted by atomic mass is 32.1. The Kier molecular flexibility index (Phi) is 3.38. The van der Waals surface area contributed by atoms with Gasteiger partial charge in [0.2, 0.25) is 0 Å². The molecule has 3 heterocycles. The molecule has 2 bridgehead atoms. The van der Waals surface area contributed by atoms with Gasteiger partial charge in [0.25, 0.3) is 0 Å². The summed E-state index contributed by atoms with van der Waals surface area (Å²) in [5.74, 6) is -1.61. The topological polar surface area (TPSA) is 25.4 Å². The Morgan fingerprint density at radius 1 is 1.23 bits per heavy atom. The van der Waals surface area contributed by atoms with Crippen molar-refractivity contribution in [1.82, 2.24) is 4.98 Å². The summed E-state index contributed by atoms with van der Waals surface area (Å²) in [7, 11) is 0. The third-order valence-corrected chi connectivity index (χ3v) is 5.42. The van der Waals surface area contributed by atoms with E-state index < -0.39 is 11.6 Å². The lowest BCUT2D eigenvalue weighted by Gasteiger charge is -2.34. The van der Waals surface area contributed by atoms with Gasteiger partial charge in [-0.15, -0.1) is 11.3 Å². The highest BCUT2D eigenvalue weighted by Crippen LogP contribution is 2.38. The van der Waals surface area contributed by atoms with Gasteiger partial charge in [-0.2, -0.15) is 0 Å². The number of fused-ring (bicyclic) bond motifs is 2. The quantitative estimate of drug-likeness (QED) is 0.842. The summed E-state index contributed by atoms with van der Waals surface area (Å²) < 4.78 is 32.6. The Hall–Kier alpha value is -1.53. The molecule has 3 nitrogen and oxygen atoms in total. The van der Waals surface area contributed by atoms with Gasteiger partial charge in [0.15, 0.2) is 16.8 Å². The van der Waals surface area contributed by atoms with Gasteiger partial charge in [0.05, 0.1) is 31.0 Å². The second kappa shape index (κ2) is 5.28. The lowest BCUT2D eigenvalue weighted by atomic mass is 10.1. The first kappa shape index (κ1) is 14.1. The average Bonchev–Trinajstić information content (AvgIpc) is 3.07. The molecule has 22 heavy (non-hydrogen) atoms. The number of rotatable bonds is 2. The maximum atomic E-state index is 13.7. The summed E-state index contributed by atoms with van der Waals surface area (Å²) in [5.41, 5.74) is 1.67. The molecule has 1 aromatic heterocycles. The number of thiazole rings is 1. The van der Waals surface area contributed by atoms with E-state index in [-0.39, 0.29) is 0 Å². The number of hydrogen-bond acceptors (Lipinski definition) is 4. The average molecular weight is 322 g/mol. The summed E-state index contributed by atoms with van der Waals surface area (Å²) in [4.78, 5) is 7.02. The molecule has 2 aromatic rings. The number of halogens is 2. The fourth-order valence-corrected chi connectivity index (χ4v) is 4.34. The van der Waals surface area contributed by atoms with Gasteiger partial charge in [0, 0.05) is 10.9 Å². The molecule has 0 spiro atoms. The fourth-order valence-electron chi connectivity index (χ4n) is 3.38. The van der Waals surface area contributed by atoms with Gasteiger partial charge in [0.1, 0.15) is 0 Å². The zero-order valence-corrected chi connectivity index (χ0v) is 13.0. The third kappa shape index (κ3) is 2.13. The maximum Gasteiger partial charge on any atom is 0.186 e. The molecular formula is C16H16F2N2OS. The number of aromatic nitrogens is 1. The summed E-state index contributed by atoms with van der Waals surface area (Å²) in [6, 6.07) is 3.54. The monoisotopic (exact) mass is 322 g/mol. The predicted molar refractivity (Wildman–Crippen MR) is 82.3 cm³/mol. The largest absolute Gasteiger partial charge is 0.377 e. The number of hydrogen-bond donors (Lipinski definition) is 0. The van der Waals surface area contributed by atoms with Crippen LogP contribution in [-0.2, 0) is 4.74 Å². The van der Waals surface area contributed by atoms with Crippen LogP contribution >= 0.6 is 11.3 Å². The van der Waals surface area contributed by atoms with Crippen molar-refractivity contribution in [2.45, 2.75) is 31.8 Å². The summed E-state index contributed by atoms with van der Waals surface area (Å²) in [6.07, 6.45) is 2.26. The van der Waals surface area contributed by atoms with Gasteiger partial charge < -0.3 is 9.64 Å². The molecule has 2 aliphatic heterocycles. The van der Waals surface area contributed by atoms with Gasteiger partial charge >= 0.3 is 0 Å². The van der Waals surface area contributed by atoms with Crippen molar-refractivity contribution >= 4 is 16.5 Å². The minimum absolute atomic E-state index is 0.307. The molecular weight excluding hydrogens is 306 g/mol. The van der Waals surface area contributed by atoms with Crippen LogP contribution in [0, 0.1) is 18.6 Å². The second-order valence-electron chi connectivity index (χ2n) is 5.88. The van der Waals surface area contributed by atoms with Crippen molar-refractivity contribution in [3.63, 3.8) is 0 Å². The van der Waals surface area contributed by atoms with E-state index in [1.54, 1.807) is 24.3 Å². The molecule has 1 aromatic carbocycles. The van der Waals surface area contributed by atoms with E-state index in [1.807, 2.05) is 5.38 Å². The van der Waals surface area contributed by atoms with Crippen molar-refractivity contribution in [3.8, 4) is 11.3 Å². The molecule has 0 saturated carbocycles. The van der Waals surface area contributed by atoms with Crippen molar-refractivity contribution in [1.29, 1.82) is 0 Å². The van der Waals surface area contributed by atoms with Crippen LogP contribution in [0.3, 0.4) is 0 Å². The Morgan fingerprint density at radius 3 is 2.68 bits per heavy atom. The lowest BCUT2D eigenvalue weighted by Crippen LogP contribution is -2.45. The van der Waals surface area contributed by atoms with E-state index in [4.69, 9.17) is 4.74 Å². The summed E-state index contributed by atoms with van der Waals surface area (Å²) >= 11 is 1.56. The molecule has 116 valence electrons. The zero-order valence-electron chi connectivity index (χ0n) is 12.2. The van der Waals surface area contributed by atoms with E-state index in [0.717, 1.165) is 37.3 Å². The highest BCUT2D eigenvalue weighted by molar-refractivity contribution is 7.14. The van der Waals surface area contributed by atoms with E-state index in [0.29, 0.717) is 28.9 Å². The Morgan fingerprint density at radius 2 is 1.95 bits per heavy atom. The third-order valence-electron chi connectivity index (χ3n) is 4.57. The van der Waals surface area contributed by atoms with Crippen LogP contribution < -0.4 is 4.90 Å². The molecule has 2 fully saturated rings. The van der Waals surface area contributed by atoms with Crippen LogP contribution in [0.15, 0.2) is 17.5 Å². The highest BCUT2D eigenvalue weighted by Gasteiger charge is 2.38. The number of morpholine rings is 1. The summed E-state index contributed by atoms with van der Waals surface area (Å²) in [6.45, 7) is 3.08. The molecule has 1 unspecified atom stereocenters. The predicted octanol–water partition coefficient (Wildman–Crippen LogP) is 3.76. The standard InChI is InChI=1S/C16H16F2N2OS/c1-9-12(4-5-13(17)15(9)18)14-8-22-16(19-14)20-10-2-3-11(20)7-21-6-10/h4-5,8,10-11H,2-3,6-7H2,1H3/t10-,11?/m0/s1. The molecule has 4 rings (SSSR count). The lowest BCUT2D eigenvalue weighted by molar-refractivity contribution is 0.0906. The molecule has 2 saturated heterocycles. The maximum absolute atomic E-state index is 13.7. The smallest absolute Gasteiger partial charge is 0.186 e. The van der Waals surface area contributed by atoms with Crippen molar-refractivity contribution in [2.75, 3.05) is 18.1 Å². The van der Waals surface area contributed by atoms with E-state index in [2.05, 4.69) is 9.88 Å². The Bertz CT molecular complexity index is 702. The summed E-state index contributed by atoms with van der Waals surface area (Å²) in [5, 5.41) is 2.87. The van der Waals surface area contributed by atoms with Crippen LogP contribution in [0.25, 0.3) is 11.3 Å². The van der Waals surface area contributed by atoms with E-state index >= 15 is 0 Å². The fraction of sp³-hybridized carbons (Fsp3) is 0.438. The number of ether oxygens (including phenoxy) is 1. The van der Waals surface area contributed by atoms with E-state index in [9.17, 15) is 8.78 Å². The van der Waals surface area contributed by atoms with Crippen molar-refractivity contribution < 1.29 is 13.5 Å². The number of benzene rings is 1. The minimum atomic E-state index is -0.817. The van der Waals surface area contributed by atoms with Crippen molar-refractivity contribution in [3.05, 3.63) is 34.7 Å². The van der Waals surface area contributed by atoms with Gasteiger partial charge in [-0.1, -0.05) is 0 Å². The molecule has 0 radical (unpaired) electrons. The Balaban J connectivity index is 1.69. The molecule has 0 amide bonds. The van der Waals surface area contributed by atoms with Gasteiger partial charge in [-0.3, -0.25) is 0 Å². The molecule has 0 aliphatic carbocycles. The normalized spacial score (nSPS) is 24.0. The van der Waals surface area contributed by atoms with E-state index in [1.165, 1.54) is 0 Å². The minimum Gasteiger partial charge on any atom is -0.377 e. The second-order valence-corrected chi connectivity index (χ2v) is 6.72. The first-order valence-corrected chi connectivity index (χ1v) is 8.29. The first-order valence-electron chi connectivity index (χ1n) is 7.41. The van der Waals surface area contributed by atoms with Gasteiger partial charge in [-0.25, -0.2) is 13.8 Å². The first-order chi connectivity index (χ1) is 10.6. The molecule has 2 atom stereocenters. The van der Waals surface area contributed by atoms with Crippen LogP contribution in [0.4, 0.5) is 13.9 Å². The van der Waals surface area contributed by atoms with Crippen LogP contribution in [0.2, 0.25) is 0 Å².